The minimum Gasteiger partial charge on any atom is -0.313 e. The molecule has 0 bridgehead atoms. The van der Waals surface area contributed by atoms with Crippen molar-refractivity contribution in [1.82, 2.24) is 10.6 Å². The third-order valence-corrected chi connectivity index (χ3v) is 3.33. The Bertz CT molecular complexity index is 355. The van der Waals surface area contributed by atoms with Crippen LogP contribution in [0.1, 0.15) is 26.3 Å². The summed E-state index contributed by atoms with van der Waals surface area (Å²) in [5, 5.41) is 7.66. The summed E-state index contributed by atoms with van der Waals surface area (Å²) in [5.74, 6) is 0. The van der Waals surface area contributed by atoms with Crippen molar-refractivity contribution in [3.8, 4) is 0 Å². The van der Waals surface area contributed by atoms with Gasteiger partial charge in [-0.05, 0) is 24.6 Å². The van der Waals surface area contributed by atoms with E-state index < -0.39 is 0 Å². The van der Waals surface area contributed by atoms with Gasteiger partial charge in [0.2, 0.25) is 0 Å². The van der Waals surface area contributed by atoms with Crippen molar-refractivity contribution in [2.45, 2.75) is 39.4 Å². The number of benzene rings is 1. The summed E-state index contributed by atoms with van der Waals surface area (Å²) in [4.78, 5) is 0. The van der Waals surface area contributed by atoms with Gasteiger partial charge in [-0.15, -0.1) is 0 Å². The Balaban J connectivity index is 2.39. The zero-order chi connectivity index (χ0) is 12.8. The van der Waals surface area contributed by atoms with Crippen LogP contribution >= 0.6 is 27.5 Å². The second kappa shape index (κ2) is 7.37. The quantitative estimate of drug-likeness (QED) is 0.837. The Kier molecular flexibility index (Phi) is 6.49. The second-order valence-corrected chi connectivity index (χ2v) is 5.90. The molecule has 0 radical (unpaired) electrons. The lowest BCUT2D eigenvalue weighted by atomic mass is 10.2. The SMILES string of the molecule is CC(C)NCC(C)NCc1ccc(Br)cc1Cl. The standard InChI is InChI=1S/C13H20BrClN2/c1-9(2)16-7-10(3)17-8-11-4-5-12(14)6-13(11)15/h4-6,9-10,16-17H,7-8H2,1-3H3. The van der Waals surface area contributed by atoms with Gasteiger partial charge in [-0.3, -0.25) is 0 Å². The summed E-state index contributed by atoms with van der Waals surface area (Å²) in [5.41, 5.74) is 1.13. The topological polar surface area (TPSA) is 24.1 Å². The third kappa shape index (κ3) is 5.87. The number of hydrogen-bond acceptors (Lipinski definition) is 2. The van der Waals surface area contributed by atoms with E-state index in [2.05, 4.69) is 47.3 Å². The minimum absolute atomic E-state index is 0.428. The minimum atomic E-state index is 0.428. The van der Waals surface area contributed by atoms with Crippen LogP contribution in [-0.4, -0.2) is 18.6 Å². The molecular formula is C13H20BrClN2. The molecule has 0 fully saturated rings. The van der Waals surface area contributed by atoms with Gasteiger partial charge in [-0.25, -0.2) is 0 Å². The monoisotopic (exact) mass is 318 g/mol. The molecule has 1 atom stereocenters. The molecule has 0 aliphatic heterocycles. The highest BCUT2D eigenvalue weighted by Crippen LogP contribution is 2.21. The van der Waals surface area contributed by atoms with Gasteiger partial charge >= 0.3 is 0 Å². The normalized spacial score (nSPS) is 13.1. The molecule has 4 heteroatoms. The van der Waals surface area contributed by atoms with Crippen LogP contribution < -0.4 is 10.6 Å². The molecule has 2 nitrogen and oxygen atoms in total. The fraction of sp³-hybridized carbons (Fsp3) is 0.538. The zero-order valence-corrected chi connectivity index (χ0v) is 12.9. The van der Waals surface area contributed by atoms with E-state index in [-0.39, 0.29) is 0 Å². The molecule has 0 aliphatic rings. The maximum Gasteiger partial charge on any atom is 0.0462 e. The van der Waals surface area contributed by atoms with Crippen LogP contribution in [0, 0.1) is 0 Å². The summed E-state index contributed by atoms with van der Waals surface area (Å²) in [6.07, 6.45) is 0. The first-order chi connectivity index (χ1) is 7.99. The molecule has 1 aromatic rings. The highest BCUT2D eigenvalue weighted by atomic mass is 79.9. The van der Waals surface area contributed by atoms with Gasteiger partial charge in [0.25, 0.3) is 0 Å². The Morgan fingerprint density at radius 3 is 2.53 bits per heavy atom. The molecule has 0 saturated heterocycles. The summed E-state index contributed by atoms with van der Waals surface area (Å²) in [6.45, 7) is 8.23. The largest absolute Gasteiger partial charge is 0.313 e. The lowest BCUT2D eigenvalue weighted by molar-refractivity contribution is 0.474. The summed E-state index contributed by atoms with van der Waals surface area (Å²) in [6, 6.07) is 6.94. The lowest BCUT2D eigenvalue weighted by Crippen LogP contribution is -2.38. The molecule has 0 heterocycles. The third-order valence-electron chi connectivity index (χ3n) is 2.49. The molecule has 0 spiro atoms. The van der Waals surface area contributed by atoms with Gasteiger partial charge in [0.15, 0.2) is 0 Å². The van der Waals surface area contributed by atoms with E-state index in [0.717, 1.165) is 28.1 Å². The predicted octanol–water partition coefficient (Wildman–Crippen LogP) is 3.58. The fourth-order valence-corrected chi connectivity index (χ4v) is 2.17. The maximum absolute atomic E-state index is 6.15. The van der Waals surface area contributed by atoms with Gasteiger partial charge in [0.1, 0.15) is 0 Å². The summed E-state index contributed by atoms with van der Waals surface area (Å²) in [7, 11) is 0. The fourth-order valence-electron chi connectivity index (χ4n) is 1.43. The Hall–Kier alpha value is -0.0900. The van der Waals surface area contributed by atoms with E-state index in [1.807, 2.05) is 18.2 Å². The van der Waals surface area contributed by atoms with Gasteiger partial charge in [0.05, 0.1) is 0 Å². The molecule has 1 rings (SSSR count). The maximum atomic E-state index is 6.15. The van der Waals surface area contributed by atoms with Crippen molar-refractivity contribution >= 4 is 27.5 Å². The first kappa shape index (κ1) is 15.0. The van der Waals surface area contributed by atoms with E-state index >= 15 is 0 Å². The van der Waals surface area contributed by atoms with Crippen LogP contribution in [0.3, 0.4) is 0 Å². The van der Waals surface area contributed by atoms with Crippen LogP contribution in [0.15, 0.2) is 22.7 Å². The Morgan fingerprint density at radius 1 is 1.24 bits per heavy atom. The van der Waals surface area contributed by atoms with Crippen molar-refractivity contribution in [3.05, 3.63) is 33.3 Å². The molecule has 0 amide bonds. The molecule has 0 aromatic heterocycles. The summed E-state index contributed by atoms with van der Waals surface area (Å²) >= 11 is 9.56. The van der Waals surface area contributed by atoms with E-state index in [1.165, 1.54) is 0 Å². The van der Waals surface area contributed by atoms with Crippen LogP contribution in [0.25, 0.3) is 0 Å². The highest BCUT2D eigenvalue weighted by molar-refractivity contribution is 9.10. The van der Waals surface area contributed by atoms with Crippen molar-refractivity contribution in [2.75, 3.05) is 6.54 Å². The molecule has 17 heavy (non-hydrogen) atoms. The average molecular weight is 320 g/mol. The number of nitrogens with one attached hydrogen (secondary N) is 2. The second-order valence-electron chi connectivity index (χ2n) is 4.58. The molecule has 2 N–H and O–H groups in total. The van der Waals surface area contributed by atoms with Crippen LogP contribution in [0.4, 0.5) is 0 Å². The molecule has 1 unspecified atom stereocenters. The zero-order valence-electron chi connectivity index (χ0n) is 10.6. The van der Waals surface area contributed by atoms with Crippen molar-refractivity contribution in [1.29, 1.82) is 0 Å². The van der Waals surface area contributed by atoms with Crippen molar-refractivity contribution in [3.63, 3.8) is 0 Å². The predicted molar refractivity (Wildman–Crippen MR) is 78.6 cm³/mol. The average Bonchev–Trinajstić information content (AvgIpc) is 2.25. The molecule has 0 aliphatic carbocycles. The first-order valence-corrected chi connectivity index (χ1v) is 7.07. The smallest absolute Gasteiger partial charge is 0.0462 e. The lowest BCUT2D eigenvalue weighted by Gasteiger charge is -2.17. The van der Waals surface area contributed by atoms with Gasteiger partial charge < -0.3 is 10.6 Å². The van der Waals surface area contributed by atoms with Crippen LogP contribution in [-0.2, 0) is 6.54 Å². The van der Waals surface area contributed by atoms with E-state index in [0.29, 0.717) is 12.1 Å². The number of rotatable bonds is 6. The van der Waals surface area contributed by atoms with E-state index in [1.54, 1.807) is 0 Å². The van der Waals surface area contributed by atoms with Crippen molar-refractivity contribution < 1.29 is 0 Å². The van der Waals surface area contributed by atoms with Crippen LogP contribution in [0.2, 0.25) is 5.02 Å². The van der Waals surface area contributed by atoms with Gasteiger partial charge in [0, 0.05) is 34.7 Å². The first-order valence-electron chi connectivity index (χ1n) is 5.89. The number of halogens is 2. The Morgan fingerprint density at radius 2 is 1.94 bits per heavy atom. The number of hydrogen-bond donors (Lipinski definition) is 2. The molecule has 1 aromatic carbocycles. The van der Waals surface area contributed by atoms with Gasteiger partial charge in [-0.1, -0.05) is 47.4 Å². The molecule has 96 valence electrons. The Labute approximate surface area is 117 Å². The summed E-state index contributed by atoms with van der Waals surface area (Å²) < 4.78 is 1.01. The van der Waals surface area contributed by atoms with Gasteiger partial charge in [-0.2, -0.15) is 0 Å². The van der Waals surface area contributed by atoms with E-state index in [4.69, 9.17) is 11.6 Å². The van der Waals surface area contributed by atoms with Crippen molar-refractivity contribution in [2.24, 2.45) is 0 Å². The van der Waals surface area contributed by atoms with Crippen LogP contribution in [0.5, 0.6) is 0 Å². The van der Waals surface area contributed by atoms with E-state index in [9.17, 15) is 0 Å². The molecule has 0 saturated carbocycles. The highest BCUT2D eigenvalue weighted by Gasteiger charge is 2.05. The molecular weight excluding hydrogens is 300 g/mol.